The fourth-order valence-electron chi connectivity index (χ4n) is 2.39. The van der Waals surface area contributed by atoms with Crippen LogP contribution in [0.15, 0.2) is 46.9 Å². The molecule has 2 rings (SSSR count). The molecule has 0 unspecified atom stereocenters. The highest BCUT2D eigenvalue weighted by atomic mass is 79.9. The van der Waals surface area contributed by atoms with E-state index in [9.17, 15) is 0 Å². The molecule has 0 heterocycles. The van der Waals surface area contributed by atoms with Gasteiger partial charge in [0.1, 0.15) is 12.4 Å². The number of ether oxygens (including phenoxy) is 1. The molecule has 2 heteroatoms. The minimum absolute atomic E-state index is 0.436. The Labute approximate surface area is 136 Å². The molecule has 0 N–H and O–H groups in total. The van der Waals surface area contributed by atoms with E-state index in [1.54, 1.807) is 0 Å². The van der Waals surface area contributed by atoms with Crippen LogP contribution in [-0.2, 0) is 6.61 Å². The number of hydrogen-bond donors (Lipinski definition) is 0. The van der Waals surface area contributed by atoms with Crippen LogP contribution in [0.2, 0.25) is 0 Å². The van der Waals surface area contributed by atoms with Crippen molar-refractivity contribution >= 4 is 15.9 Å². The van der Waals surface area contributed by atoms with Gasteiger partial charge in [0.05, 0.1) is 0 Å². The second-order valence-corrected chi connectivity index (χ2v) is 6.91. The Morgan fingerprint density at radius 1 is 0.905 bits per heavy atom. The average Bonchev–Trinajstić information content (AvgIpc) is 2.46. The molecule has 0 aliphatic carbocycles. The van der Waals surface area contributed by atoms with Gasteiger partial charge >= 0.3 is 0 Å². The lowest BCUT2D eigenvalue weighted by atomic mass is 9.94. The summed E-state index contributed by atoms with van der Waals surface area (Å²) in [4.78, 5) is 0. The van der Waals surface area contributed by atoms with Crippen LogP contribution in [0.25, 0.3) is 0 Å². The van der Waals surface area contributed by atoms with E-state index in [-0.39, 0.29) is 0 Å². The van der Waals surface area contributed by atoms with Crippen LogP contribution in [0.1, 0.15) is 56.2 Å². The van der Waals surface area contributed by atoms with Gasteiger partial charge in [0, 0.05) is 4.47 Å². The molecule has 0 atom stereocenters. The topological polar surface area (TPSA) is 9.23 Å². The Bertz CT molecular complexity index is 559. The van der Waals surface area contributed by atoms with E-state index < -0.39 is 0 Å². The van der Waals surface area contributed by atoms with Gasteiger partial charge in [-0.3, -0.25) is 0 Å². The van der Waals surface area contributed by atoms with Crippen LogP contribution < -0.4 is 4.74 Å². The maximum absolute atomic E-state index is 6.21. The second-order valence-electron chi connectivity index (χ2n) is 6.00. The number of hydrogen-bond acceptors (Lipinski definition) is 1. The maximum Gasteiger partial charge on any atom is 0.126 e. The zero-order chi connectivity index (χ0) is 15.4. The molecule has 0 fully saturated rings. The zero-order valence-corrected chi connectivity index (χ0v) is 14.8. The molecule has 2 aromatic rings. The lowest BCUT2D eigenvalue weighted by molar-refractivity contribution is 0.297. The van der Waals surface area contributed by atoms with E-state index in [2.05, 4.69) is 67.9 Å². The highest BCUT2D eigenvalue weighted by Gasteiger charge is 2.16. The first-order chi connectivity index (χ1) is 9.99. The third-order valence-electron chi connectivity index (χ3n) is 3.58. The Balaban J connectivity index is 2.35. The third kappa shape index (κ3) is 4.10. The predicted octanol–water partition coefficient (Wildman–Crippen LogP) is 6.27. The van der Waals surface area contributed by atoms with Crippen LogP contribution in [-0.4, -0.2) is 0 Å². The first kappa shape index (κ1) is 16.1. The summed E-state index contributed by atoms with van der Waals surface area (Å²) in [7, 11) is 0. The van der Waals surface area contributed by atoms with Gasteiger partial charge < -0.3 is 4.74 Å². The van der Waals surface area contributed by atoms with Gasteiger partial charge in [-0.05, 0) is 40.7 Å². The van der Waals surface area contributed by atoms with Crippen molar-refractivity contribution in [2.45, 2.75) is 46.1 Å². The molecule has 112 valence electrons. The highest BCUT2D eigenvalue weighted by molar-refractivity contribution is 9.10. The highest BCUT2D eigenvalue weighted by Crippen LogP contribution is 2.37. The summed E-state index contributed by atoms with van der Waals surface area (Å²) in [5.41, 5.74) is 3.73. The van der Waals surface area contributed by atoms with E-state index in [4.69, 9.17) is 4.74 Å². The van der Waals surface area contributed by atoms with Crippen molar-refractivity contribution in [2.75, 3.05) is 0 Å². The van der Waals surface area contributed by atoms with E-state index >= 15 is 0 Å². The molecule has 0 radical (unpaired) electrons. The lowest BCUT2D eigenvalue weighted by Crippen LogP contribution is -2.04. The second kappa shape index (κ2) is 7.13. The molecule has 21 heavy (non-hydrogen) atoms. The molecule has 2 aromatic carbocycles. The van der Waals surface area contributed by atoms with Crippen molar-refractivity contribution in [3.05, 3.63) is 63.6 Å². The van der Waals surface area contributed by atoms with Crippen molar-refractivity contribution in [2.24, 2.45) is 0 Å². The van der Waals surface area contributed by atoms with Crippen molar-refractivity contribution in [3.63, 3.8) is 0 Å². The Morgan fingerprint density at radius 2 is 1.43 bits per heavy atom. The molecule has 0 bridgehead atoms. The summed E-state index contributed by atoms with van der Waals surface area (Å²) in [6, 6.07) is 14.7. The predicted molar refractivity (Wildman–Crippen MR) is 93.1 cm³/mol. The summed E-state index contributed by atoms with van der Waals surface area (Å²) in [6.45, 7) is 9.45. The largest absolute Gasteiger partial charge is 0.488 e. The number of rotatable bonds is 5. The van der Waals surface area contributed by atoms with Crippen LogP contribution in [0.5, 0.6) is 5.75 Å². The van der Waals surface area contributed by atoms with Gasteiger partial charge in [0.15, 0.2) is 0 Å². The molecule has 0 aliphatic rings. The maximum atomic E-state index is 6.21. The molecular formula is C19H23BrO. The normalized spacial score (nSPS) is 11.2. The summed E-state index contributed by atoms with van der Waals surface area (Å²) in [6.07, 6.45) is 0. The fourth-order valence-corrected chi connectivity index (χ4v) is 2.88. The third-order valence-corrected chi connectivity index (χ3v) is 4.04. The molecule has 0 saturated carbocycles. The van der Waals surface area contributed by atoms with Crippen LogP contribution >= 0.6 is 15.9 Å². The van der Waals surface area contributed by atoms with E-state index in [0.29, 0.717) is 18.4 Å². The van der Waals surface area contributed by atoms with Crippen molar-refractivity contribution in [1.29, 1.82) is 0 Å². The smallest absolute Gasteiger partial charge is 0.126 e. The summed E-state index contributed by atoms with van der Waals surface area (Å²) in [5, 5.41) is 0. The van der Waals surface area contributed by atoms with Gasteiger partial charge in [0.25, 0.3) is 0 Å². The quantitative estimate of drug-likeness (QED) is 0.619. The van der Waals surface area contributed by atoms with Gasteiger partial charge in [-0.15, -0.1) is 0 Å². The standard InChI is InChI=1S/C19H23BrO/c1-13(2)17-10-16(20)11-18(14(3)4)19(17)21-12-15-8-6-5-7-9-15/h5-11,13-14H,12H2,1-4H3. The number of benzene rings is 2. The van der Waals surface area contributed by atoms with E-state index in [1.165, 1.54) is 16.7 Å². The van der Waals surface area contributed by atoms with E-state index in [0.717, 1.165) is 10.2 Å². The summed E-state index contributed by atoms with van der Waals surface area (Å²) >= 11 is 3.62. The van der Waals surface area contributed by atoms with Crippen molar-refractivity contribution < 1.29 is 4.74 Å². The Hall–Kier alpha value is -1.28. The van der Waals surface area contributed by atoms with Gasteiger partial charge in [0.2, 0.25) is 0 Å². The molecule has 1 nitrogen and oxygen atoms in total. The zero-order valence-electron chi connectivity index (χ0n) is 13.2. The monoisotopic (exact) mass is 346 g/mol. The molecule has 0 saturated heterocycles. The Morgan fingerprint density at radius 3 is 1.90 bits per heavy atom. The minimum Gasteiger partial charge on any atom is -0.488 e. The van der Waals surface area contributed by atoms with E-state index in [1.807, 2.05) is 18.2 Å². The summed E-state index contributed by atoms with van der Waals surface area (Å²) < 4.78 is 7.34. The fraction of sp³-hybridized carbons (Fsp3) is 0.368. The van der Waals surface area contributed by atoms with Crippen LogP contribution in [0.3, 0.4) is 0 Å². The molecular weight excluding hydrogens is 324 g/mol. The van der Waals surface area contributed by atoms with Crippen molar-refractivity contribution in [3.8, 4) is 5.75 Å². The lowest BCUT2D eigenvalue weighted by Gasteiger charge is -2.21. The molecule has 0 spiro atoms. The summed E-state index contributed by atoms with van der Waals surface area (Å²) in [5.74, 6) is 1.92. The van der Waals surface area contributed by atoms with Gasteiger partial charge in [-0.2, -0.15) is 0 Å². The molecule has 0 amide bonds. The van der Waals surface area contributed by atoms with Crippen LogP contribution in [0.4, 0.5) is 0 Å². The van der Waals surface area contributed by atoms with Crippen LogP contribution in [0, 0.1) is 0 Å². The van der Waals surface area contributed by atoms with Gasteiger partial charge in [-0.1, -0.05) is 74.0 Å². The first-order valence-electron chi connectivity index (χ1n) is 7.49. The molecule has 0 aromatic heterocycles. The first-order valence-corrected chi connectivity index (χ1v) is 8.28. The van der Waals surface area contributed by atoms with Crippen molar-refractivity contribution in [1.82, 2.24) is 0 Å². The average molecular weight is 347 g/mol. The Kier molecular flexibility index (Phi) is 5.46. The number of halogens is 1. The molecule has 0 aliphatic heterocycles. The SMILES string of the molecule is CC(C)c1cc(Br)cc(C(C)C)c1OCc1ccccc1. The van der Waals surface area contributed by atoms with Gasteiger partial charge in [-0.25, -0.2) is 0 Å². The minimum atomic E-state index is 0.436.